The molecule has 0 radical (unpaired) electrons. The first-order valence-corrected chi connectivity index (χ1v) is 20.8. The van der Waals surface area contributed by atoms with Gasteiger partial charge >= 0.3 is 0 Å². The van der Waals surface area contributed by atoms with Crippen molar-refractivity contribution in [2.75, 3.05) is 0 Å². The van der Waals surface area contributed by atoms with E-state index in [0.717, 1.165) is 0 Å². The van der Waals surface area contributed by atoms with E-state index in [9.17, 15) is 0 Å². The van der Waals surface area contributed by atoms with E-state index in [1.807, 2.05) is 22.7 Å². The molecule has 4 rings (SSSR count). The second-order valence-electron chi connectivity index (χ2n) is 13.3. The molecule has 0 nitrogen and oxygen atoms in total. The zero-order chi connectivity index (χ0) is 33.5. The lowest BCUT2D eigenvalue weighted by Gasteiger charge is -2.01. The van der Waals surface area contributed by atoms with Gasteiger partial charge in [0.1, 0.15) is 0 Å². The monoisotopic (exact) mass is 676 g/mol. The van der Waals surface area contributed by atoms with Crippen molar-refractivity contribution in [3.63, 3.8) is 0 Å². The number of allylic oxidation sites excluding steroid dienone is 2. The highest BCUT2D eigenvalue weighted by molar-refractivity contribution is 7.16. The molecule has 0 aliphatic heterocycles. The van der Waals surface area contributed by atoms with Crippen LogP contribution in [0.5, 0.6) is 0 Å². The van der Waals surface area contributed by atoms with E-state index in [4.69, 9.17) is 0 Å². The predicted octanol–water partition coefficient (Wildman–Crippen LogP) is 16.4. The Balaban J connectivity index is 1.16. The lowest BCUT2D eigenvalue weighted by molar-refractivity contribution is 0.578. The van der Waals surface area contributed by atoms with Gasteiger partial charge in [0.25, 0.3) is 0 Å². The summed E-state index contributed by atoms with van der Waals surface area (Å²) in [5.41, 5.74) is 5.04. The Bertz CT molecular complexity index is 1360. The average molecular weight is 677 g/mol. The molecule has 4 aromatic rings. The van der Waals surface area contributed by atoms with Gasteiger partial charge in [-0.2, -0.15) is 0 Å². The Kier molecular flexibility index (Phi) is 18.5. The fraction of sp³-hybridized carbons (Fsp3) is 0.435. The molecule has 2 aromatic heterocycles. The Morgan fingerprint density at radius 2 is 0.729 bits per heavy atom. The van der Waals surface area contributed by atoms with E-state index in [1.54, 1.807) is 0 Å². The van der Waals surface area contributed by atoms with Gasteiger partial charge in [-0.05, 0) is 84.4 Å². The van der Waals surface area contributed by atoms with Crippen LogP contribution in [0.15, 0.2) is 84.9 Å². The van der Waals surface area contributed by atoms with Crippen molar-refractivity contribution >= 4 is 47.0 Å². The lowest BCUT2D eigenvalue weighted by atomic mass is 10.1. The molecule has 0 aliphatic carbocycles. The molecule has 2 heteroatoms. The molecule has 0 amide bonds. The van der Waals surface area contributed by atoms with Gasteiger partial charge in [0.2, 0.25) is 0 Å². The summed E-state index contributed by atoms with van der Waals surface area (Å²) >= 11 is 3.77. The third-order valence-corrected chi connectivity index (χ3v) is 11.3. The number of benzene rings is 2. The summed E-state index contributed by atoms with van der Waals surface area (Å²) in [6, 6.07) is 27.0. The topological polar surface area (TPSA) is 0 Å². The van der Waals surface area contributed by atoms with Crippen LogP contribution in [0.4, 0.5) is 0 Å². The zero-order valence-electron chi connectivity index (χ0n) is 29.9. The fourth-order valence-corrected chi connectivity index (χ4v) is 7.98. The highest BCUT2D eigenvalue weighted by Gasteiger charge is 2.03. The second-order valence-corrected chi connectivity index (χ2v) is 15.5. The van der Waals surface area contributed by atoms with Crippen molar-refractivity contribution in [1.82, 2.24) is 0 Å². The maximum absolute atomic E-state index is 2.36. The molecule has 0 N–H and O–H groups in total. The van der Waals surface area contributed by atoms with Gasteiger partial charge in [0.05, 0.1) is 0 Å². The normalized spacial score (nSPS) is 12.0. The Labute approximate surface area is 301 Å². The standard InChI is InChI=1S/C46H60S2/c1-3-5-7-9-11-13-15-17-19-21-23-43-35-37-45(47-43)41-31-27-39(28-32-41)25-26-40-29-33-42(34-30-40)46-38-36-44(48-46)24-22-20-18-16-14-12-10-8-6-4-2/h21-38H,3-20H2,1-2H3/b23-21+,24-22?,26-25+. The number of hydrogen-bond donors (Lipinski definition) is 0. The van der Waals surface area contributed by atoms with Gasteiger partial charge in [0, 0.05) is 19.5 Å². The number of hydrogen-bond acceptors (Lipinski definition) is 2. The first-order chi connectivity index (χ1) is 23.7. The van der Waals surface area contributed by atoms with Crippen LogP contribution in [-0.4, -0.2) is 0 Å². The van der Waals surface area contributed by atoms with Crippen LogP contribution >= 0.6 is 22.7 Å². The van der Waals surface area contributed by atoms with E-state index in [0.29, 0.717) is 0 Å². The van der Waals surface area contributed by atoms with Gasteiger partial charge in [-0.1, -0.05) is 177 Å². The molecular weight excluding hydrogens is 617 g/mol. The predicted molar refractivity (Wildman–Crippen MR) is 221 cm³/mol. The third kappa shape index (κ3) is 14.7. The number of rotatable bonds is 24. The minimum absolute atomic E-state index is 1.19. The quantitative estimate of drug-likeness (QED) is 0.0512. The van der Waals surface area contributed by atoms with Crippen molar-refractivity contribution < 1.29 is 0 Å². The molecule has 2 heterocycles. The molecule has 0 atom stereocenters. The molecule has 0 fully saturated rings. The maximum atomic E-state index is 2.36. The molecule has 2 aromatic carbocycles. The highest BCUT2D eigenvalue weighted by Crippen LogP contribution is 2.31. The van der Waals surface area contributed by atoms with Gasteiger partial charge in [-0.3, -0.25) is 0 Å². The van der Waals surface area contributed by atoms with Crippen molar-refractivity contribution in [1.29, 1.82) is 0 Å². The van der Waals surface area contributed by atoms with Crippen LogP contribution in [0.2, 0.25) is 0 Å². The van der Waals surface area contributed by atoms with Crippen LogP contribution in [-0.2, 0) is 0 Å². The molecule has 0 unspecified atom stereocenters. The molecule has 48 heavy (non-hydrogen) atoms. The molecule has 0 saturated carbocycles. The molecule has 0 aliphatic rings. The second kappa shape index (κ2) is 23.4. The van der Waals surface area contributed by atoms with E-state index < -0.39 is 0 Å². The van der Waals surface area contributed by atoms with Crippen molar-refractivity contribution in [3.8, 4) is 20.9 Å². The Morgan fingerprint density at radius 3 is 1.10 bits per heavy atom. The number of thiophene rings is 2. The maximum Gasteiger partial charge on any atom is 0.0349 e. The van der Waals surface area contributed by atoms with Crippen molar-refractivity contribution in [2.24, 2.45) is 0 Å². The van der Waals surface area contributed by atoms with Gasteiger partial charge < -0.3 is 0 Å². The van der Waals surface area contributed by atoms with Crippen LogP contribution < -0.4 is 0 Å². The summed E-state index contributed by atoms with van der Waals surface area (Å²) in [5.74, 6) is 0. The highest BCUT2D eigenvalue weighted by atomic mass is 32.1. The largest absolute Gasteiger partial charge is 0.136 e. The van der Waals surface area contributed by atoms with E-state index >= 15 is 0 Å². The summed E-state index contributed by atoms with van der Waals surface area (Å²) in [4.78, 5) is 5.37. The van der Waals surface area contributed by atoms with E-state index in [2.05, 4.69) is 123 Å². The minimum Gasteiger partial charge on any atom is -0.136 e. The average Bonchev–Trinajstić information content (AvgIpc) is 3.80. The van der Waals surface area contributed by atoms with Gasteiger partial charge in [-0.15, -0.1) is 22.7 Å². The summed E-state index contributed by atoms with van der Waals surface area (Å²) < 4.78 is 0. The Morgan fingerprint density at radius 1 is 0.375 bits per heavy atom. The zero-order valence-corrected chi connectivity index (χ0v) is 31.6. The summed E-state index contributed by atoms with van der Waals surface area (Å²) in [6.07, 6.45) is 38.3. The van der Waals surface area contributed by atoms with Crippen molar-refractivity contribution in [3.05, 3.63) is 106 Å². The Hall–Kier alpha value is -2.94. The molecule has 256 valence electrons. The van der Waals surface area contributed by atoms with Crippen LogP contribution in [0.3, 0.4) is 0 Å². The smallest absolute Gasteiger partial charge is 0.0349 e. The molecule has 0 saturated heterocycles. The van der Waals surface area contributed by atoms with E-state index in [1.165, 1.54) is 157 Å². The van der Waals surface area contributed by atoms with Crippen molar-refractivity contribution in [2.45, 2.75) is 129 Å². The van der Waals surface area contributed by atoms with Gasteiger partial charge in [-0.25, -0.2) is 0 Å². The molecular formula is C46H60S2. The lowest BCUT2D eigenvalue weighted by Crippen LogP contribution is -1.79. The summed E-state index contributed by atoms with van der Waals surface area (Å²) in [7, 11) is 0. The molecule has 0 bridgehead atoms. The molecule has 0 spiro atoms. The number of unbranched alkanes of at least 4 members (excludes halogenated alkanes) is 16. The van der Waals surface area contributed by atoms with Gasteiger partial charge in [0.15, 0.2) is 0 Å². The SMILES string of the molecule is CCCCCCCCCCC=Cc1ccc(-c2ccc(/C=C/c3ccc(-c4ccc(/C=C/CCCCCCCCCC)s4)cc3)cc2)s1. The summed E-state index contributed by atoms with van der Waals surface area (Å²) in [5, 5.41) is 0. The summed E-state index contributed by atoms with van der Waals surface area (Å²) in [6.45, 7) is 4.58. The van der Waals surface area contributed by atoms with Crippen LogP contribution in [0.25, 0.3) is 45.2 Å². The van der Waals surface area contributed by atoms with E-state index in [-0.39, 0.29) is 0 Å². The third-order valence-electron chi connectivity index (χ3n) is 9.13. The first-order valence-electron chi connectivity index (χ1n) is 19.2. The van der Waals surface area contributed by atoms with Crippen LogP contribution in [0.1, 0.15) is 150 Å². The van der Waals surface area contributed by atoms with Crippen LogP contribution in [0, 0.1) is 0 Å². The first kappa shape index (κ1) is 37.9. The minimum atomic E-state index is 1.19. The fourth-order valence-electron chi connectivity index (χ4n) is 6.10.